The van der Waals surface area contributed by atoms with Crippen LogP contribution in [0, 0.1) is 5.82 Å². The molecule has 0 aliphatic heterocycles. The second kappa shape index (κ2) is 4.14. The fourth-order valence-corrected chi connectivity index (χ4v) is 2.48. The van der Waals surface area contributed by atoms with Crippen LogP contribution in [0.2, 0.25) is 0 Å². The minimum Gasteiger partial charge on any atom is -0.340 e. The van der Waals surface area contributed by atoms with Crippen LogP contribution < -0.4 is 5.32 Å². The molecule has 2 nitrogen and oxygen atoms in total. The summed E-state index contributed by atoms with van der Waals surface area (Å²) in [5.74, 6) is 0.502. The Hall–Kier alpha value is -1.94. The van der Waals surface area contributed by atoms with Crippen LogP contribution in [0.4, 0.5) is 15.9 Å². The van der Waals surface area contributed by atoms with Gasteiger partial charge in [0.1, 0.15) is 11.6 Å². The van der Waals surface area contributed by atoms with E-state index in [1.54, 1.807) is 23.6 Å². The number of aromatic nitrogens is 1. The third-order valence-electron chi connectivity index (χ3n) is 2.47. The molecule has 17 heavy (non-hydrogen) atoms. The Morgan fingerprint density at radius 1 is 1.18 bits per heavy atom. The first-order valence-corrected chi connectivity index (χ1v) is 6.06. The van der Waals surface area contributed by atoms with Gasteiger partial charge in [0, 0.05) is 22.0 Å². The van der Waals surface area contributed by atoms with Crippen molar-refractivity contribution in [3.05, 3.63) is 53.8 Å². The number of hydrogen-bond acceptors (Lipinski definition) is 3. The largest absolute Gasteiger partial charge is 0.340 e. The van der Waals surface area contributed by atoms with Gasteiger partial charge in [-0.15, -0.1) is 11.3 Å². The molecule has 2 aromatic heterocycles. The van der Waals surface area contributed by atoms with Gasteiger partial charge in [-0.2, -0.15) is 0 Å². The Morgan fingerprint density at radius 3 is 3.00 bits per heavy atom. The second-order valence-electron chi connectivity index (χ2n) is 3.63. The van der Waals surface area contributed by atoms with Gasteiger partial charge < -0.3 is 5.32 Å². The topological polar surface area (TPSA) is 24.9 Å². The van der Waals surface area contributed by atoms with Crippen molar-refractivity contribution >= 4 is 32.9 Å². The summed E-state index contributed by atoms with van der Waals surface area (Å²) in [7, 11) is 0. The van der Waals surface area contributed by atoms with E-state index in [9.17, 15) is 4.39 Å². The maximum atomic E-state index is 13.1. The number of thiophene rings is 1. The summed E-state index contributed by atoms with van der Waals surface area (Å²) in [6.45, 7) is 0. The van der Waals surface area contributed by atoms with E-state index in [0.29, 0.717) is 5.69 Å². The molecule has 0 saturated carbocycles. The molecule has 0 aliphatic carbocycles. The van der Waals surface area contributed by atoms with E-state index >= 15 is 0 Å². The number of halogens is 1. The van der Waals surface area contributed by atoms with Gasteiger partial charge in [0.15, 0.2) is 0 Å². The van der Waals surface area contributed by atoms with Crippen LogP contribution in [0.3, 0.4) is 0 Å². The van der Waals surface area contributed by atoms with Crippen LogP contribution in [0.15, 0.2) is 48.0 Å². The van der Waals surface area contributed by atoms with Crippen molar-refractivity contribution in [3.63, 3.8) is 0 Å². The molecule has 3 aromatic rings. The number of hydrogen-bond donors (Lipinski definition) is 1. The van der Waals surface area contributed by atoms with Crippen molar-refractivity contribution < 1.29 is 4.39 Å². The molecule has 0 spiro atoms. The molecule has 0 radical (unpaired) electrons. The molecule has 0 bridgehead atoms. The van der Waals surface area contributed by atoms with Gasteiger partial charge in [-0.3, -0.25) is 0 Å². The lowest BCUT2D eigenvalue weighted by Gasteiger charge is -2.06. The molecule has 0 atom stereocenters. The Kier molecular flexibility index (Phi) is 2.49. The maximum Gasteiger partial charge on any atom is 0.139 e. The van der Waals surface area contributed by atoms with E-state index < -0.39 is 0 Å². The highest BCUT2D eigenvalue weighted by Crippen LogP contribution is 2.27. The summed E-state index contributed by atoms with van der Waals surface area (Å²) >= 11 is 1.66. The minimum absolute atomic E-state index is 0.257. The van der Waals surface area contributed by atoms with Gasteiger partial charge in [-0.1, -0.05) is 6.07 Å². The number of nitrogens with zero attached hydrogens (tertiary/aromatic N) is 1. The first kappa shape index (κ1) is 10.2. The predicted molar refractivity (Wildman–Crippen MR) is 69.3 cm³/mol. The van der Waals surface area contributed by atoms with Crippen LogP contribution in [-0.4, -0.2) is 4.98 Å². The third kappa shape index (κ3) is 1.99. The molecule has 0 fully saturated rings. The Balaban J connectivity index is 2.02. The van der Waals surface area contributed by atoms with Gasteiger partial charge in [0.05, 0.1) is 0 Å². The van der Waals surface area contributed by atoms with E-state index in [0.717, 1.165) is 11.2 Å². The molecule has 2 heterocycles. The number of rotatable bonds is 2. The first-order valence-electron chi connectivity index (χ1n) is 5.18. The van der Waals surface area contributed by atoms with Crippen LogP contribution in [-0.2, 0) is 0 Å². The van der Waals surface area contributed by atoms with Gasteiger partial charge in [0.25, 0.3) is 0 Å². The molecule has 0 amide bonds. The molecule has 4 heteroatoms. The Labute approximate surface area is 102 Å². The van der Waals surface area contributed by atoms with Crippen LogP contribution >= 0.6 is 11.3 Å². The molecule has 84 valence electrons. The normalized spacial score (nSPS) is 10.6. The minimum atomic E-state index is -0.257. The average Bonchev–Trinajstić information content (AvgIpc) is 2.78. The van der Waals surface area contributed by atoms with Crippen LogP contribution in [0.1, 0.15) is 0 Å². The van der Waals surface area contributed by atoms with Crippen LogP contribution in [0.25, 0.3) is 10.1 Å². The number of benzene rings is 1. The zero-order valence-corrected chi connectivity index (χ0v) is 9.67. The number of anilines is 2. The summed E-state index contributed by atoms with van der Waals surface area (Å²) in [6, 6.07) is 10.3. The molecule has 0 aliphatic rings. The highest BCUT2D eigenvalue weighted by Gasteiger charge is 2.03. The highest BCUT2D eigenvalue weighted by molar-refractivity contribution is 7.17. The molecule has 0 unspecified atom stereocenters. The maximum absolute atomic E-state index is 13.1. The van der Waals surface area contributed by atoms with E-state index in [2.05, 4.69) is 10.3 Å². The Morgan fingerprint density at radius 2 is 2.12 bits per heavy atom. The monoisotopic (exact) mass is 244 g/mol. The summed E-state index contributed by atoms with van der Waals surface area (Å²) in [6.07, 6.45) is 1.75. The van der Waals surface area contributed by atoms with E-state index in [4.69, 9.17) is 0 Å². The van der Waals surface area contributed by atoms with E-state index in [-0.39, 0.29) is 5.82 Å². The SMILES string of the molecule is Fc1cccc(Nc2nccc3sccc23)c1. The predicted octanol–water partition coefficient (Wildman–Crippen LogP) is 4.18. The summed E-state index contributed by atoms with van der Waals surface area (Å²) in [5.41, 5.74) is 0.705. The lowest BCUT2D eigenvalue weighted by Crippen LogP contribution is -1.93. The van der Waals surface area contributed by atoms with Crippen molar-refractivity contribution in [1.82, 2.24) is 4.98 Å². The molecular weight excluding hydrogens is 235 g/mol. The molecule has 1 N–H and O–H groups in total. The van der Waals surface area contributed by atoms with Crippen molar-refractivity contribution in [2.45, 2.75) is 0 Å². The number of pyridine rings is 1. The van der Waals surface area contributed by atoms with Gasteiger partial charge in [-0.05, 0) is 35.7 Å². The quantitative estimate of drug-likeness (QED) is 0.731. The van der Waals surface area contributed by atoms with Crippen LogP contribution in [0.5, 0.6) is 0 Å². The van der Waals surface area contributed by atoms with Gasteiger partial charge in [0.2, 0.25) is 0 Å². The van der Waals surface area contributed by atoms with Crippen molar-refractivity contribution in [3.8, 4) is 0 Å². The molecule has 3 rings (SSSR count). The summed E-state index contributed by atoms with van der Waals surface area (Å²) in [5, 5.41) is 6.20. The smallest absolute Gasteiger partial charge is 0.139 e. The van der Waals surface area contributed by atoms with Crippen molar-refractivity contribution in [2.24, 2.45) is 0 Å². The molecular formula is C13H9FN2S. The lowest BCUT2D eigenvalue weighted by molar-refractivity contribution is 0.628. The first-order chi connectivity index (χ1) is 8.33. The Bertz CT molecular complexity index is 663. The number of nitrogens with one attached hydrogen (secondary N) is 1. The highest BCUT2D eigenvalue weighted by atomic mass is 32.1. The van der Waals surface area contributed by atoms with E-state index in [1.807, 2.05) is 23.6 Å². The van der Waals surface area contributed by atoms with E-state index in [1.165, 1.54) is 16.8 Å². The van der Waals surface area contributed by atoms with Gasteiger partial charge in [-0.25, -0.2) is 9.37 Å². The van der Waals surface area contributed by atoms with Gasteiger partial charge >= 0.3 is 0 Å². The zero-order valence-electron chi connectivity index (χ0n) is 8.85. The third-order valence-corrected chi connectivity index (χ3v) is 3.35. The summed E-state index contributed by atoms with van der Waals surface area (Å²) < 4.78 is 14.2. The molecule has 1 aromatic carbocycles. The number of fused-ring (bicyclic) bond motifs is 1. The van der Waals surface area contributed by atoms with Crippen molar-refractivity contribution in [1.29, 1.82) is 0 Å². The summed E-state index contributed by atoms with van der Waals surface area (Å²) in [4.78, 5) is 4.28. The standard InChI is InChI=1S/C13H9FN2S/c14-9-2-1-3-10(8-9)16-13-11-5-7-17-12(11)4-6-15-13/h1-8H,(H,15,16). The fraction of sp³-hybridized carbons (Fsp3) is 0. The molecule has 0 saturated heterocycles. The fourth-order valence-electron chi connectivity index (χ4n) is 1.70. The van der Waals surface area contributed by atoms with Crippen molar-refractivity contribution in [2.75, 3.05) is 5.32 Å². The second-order valence-corrected chi connectivity index (χ2v) is 4.58. The average molecular weight is 244 g/mol. The zero-order chi connectivity index (χ0) is 11.7. The lowest BCUT2D eigenvalue weighted by atomic mass is 10.3.